The summed E-state index contributed by atoms with van der Waals surface area (Å²) in [6.07, 6.45) is 0. The summed E-state index contributed by atoms with van der Waals surface area (Å²) in [5.41, 5.74) is 3.54. The predicted octanol–water partition coefficient (Wildman–Crippen LogP) is 1.04. The molecule has 0 aliphatic heterocycles. The predicted molar refractivity (Wildman–Crippen MR) is 46.6 cm³/mol. The van der Waals surface area contributed by atoms with Crippen molar-refractivity contribution < 1.29 is 9.67 Å². The Morgan fingerprint density at radius 1 is 1.64 bits per heavy atom. The number of nitrogens with zero attached hydrogens (tertiary/aromatic N) is 1. The minimum absolute atomic E-state index is 0.202. The first-order valence-corrected chi connectivity index (χ1v) is 5.39. The van der Waals surface area contributed by atoms with E-state index in [4.69, 9.17) is 5.11 Å². The van der Waals surface area contributed by atoms with E-state index in [0.29, 0.717) is 6.61 Å². The van der Waals surface area contributed by atoms with Gasteiger partial charge in [-0.15, -0.1) is 0 Å². The number of aliphatic hydroxyl groups excluding tert-OH is 1. The molecule has 0 fully saturated rings. The number of hydrogen-bond donors (Lipinski definition) is 1. The molecule has 1 unspecified atom stereocenters. The van der Waals surface area contributed by atoms with Crippen LogP contribution in [0.1, 0.15) is 12.6 Å². The van der Waals surface area contributed by atoms with Crippen LogP contribution >= 0.6 is 10.5 Å². The van der Waals surface area contributed by atoms with E-state index in [1.165, 1.54) is 5.69 Å². The zero-order valence-corrected chi connectivity index (χ0v) is 7.90. The third kappa shape index (κ3) is 2.01. The average Bonchev–Trinajstić information content (AvgIpc) is 2.32. The van der Waals surface area contributed by atoms with Crippen LogP contribution < -0.4 is 4.57 Å². The van der Waals surface area contributed by atoms with Gasteiger partial charge in [-0.1, -0.05) is 0 Å². The van der Waals surface area contributed by atoms with Crippen molar-refractivity contribution in [3.05, 3.63) is 16.6 Å². The molecule has 1 atom stereocenters. The molecule has 2 nitrogen and oxygen atoms in total. The molecule has 1 rings (SSSR count). The molecule has 0 radical (unpaired) electrons. The van der Waals surface area contributed by atoms with Gasteiger partial charge in [0.15, 0.2) is 12.3 Å². The molecule has 0 aliphatic carbocycles. The Morgan fingerprint density at radius 2 is 2.36 bits per heavy atom. The second-order valence-corrected chi connectivity index (χ2v) is 4.34. The fraction of sp³-hybridized carbons (Fsp3) is 0.625. The number of hydrogen-bond acceptors (Lipinski definition) is 1. The molecule has 3 heteroatoms. The number of rotatable bonds is 3. The molecule has 1 aromatic rings. The third-order valence-corrected chi connectivity index (χ3v) is 3.53. The SMILES string of the molecule is CC[n+]1c[s+](CCO)cc1C. The number of thiazole rings is 1. The van der Waals surface area contributed by atoms with Gasteiger partial charge < -0.3 is 5.11 Å². The van der Waals surface area contributed by atoms with E-state index >= 15 is 0 Å². The highest BCUT2D eigenvalue weighted by molar-refractivity contribution is 7.27. The van der Waals surface area contributed by atoms with Gasteiger partial charge in [-0.2, -0.15) is 4.57 Å². The largest absolute Gasteiger partial charge is 0.391 e. The Labute approximate surface area is 70.1 Å². The van der Waals surface area contributed by atoms with Gasteiger partial charge in [-0.25, -0.2) is 0 Å². The average molecular weight is 173 g/mol. The van der Waals surface area contributed by atoms with Gasteiger partial charge >= 0.3 is 5.51 Å². The Bertz CT molecular complexity index is 232. The normalized spacial score (nSPS) is 12.1. The molecular weight excluding hydrogens is 158 g/mol. The fourth-order valence-electron chi connectivity index (χ4n) is 1.10. The molecule has 11 heavy (non-hydrogen) atoms. The van der Waals surface area contributed by atoms with Crippen LogP contribution in [0.15, 0.2) is 10.9 Å². The van der Waals surface area contributed by atoms with Crippen LogP contribution in [0.5, 0.6) is 0 Å². The zero-order valence-electron chi connectivity index (χ0n) is 7.08. The van der Waals surface area contributed by atoms with Crippen molar-refractivity contribution in [1.29, 1.82) is 0 Å². The van der Waals surface area contributed by atoms with Crippen LogP contribution in [-0.4, -0.2) is 11.7 Å². The summed E-state index contributed by atoms with van der Waals surface area (Å²) in [6.45, 7) is 5.59. The van der Waals surface area contributed by atoms with Crippen LogP contribution in [0, 0.1) is 6.92 Å². The zero-order chi connectivity index (χ0) is 8.27. The van der Waals surface area contributed by atoms with Crippen molar-refractivity contribution >= 4 is 10.5 Å². The summed E-state index contributed by atoms with van der Waals surface area (Å²) in [7, 11) is 0.202. The first-order chi connectivity index (χ1) is 5.27. The van der Waals surface area contributed by atoms with Crippen molar-refractivity contribution in [3.8, 4) is 0 Å². The monoisotopic (exact) mass is 173 g/mol. The van der Waals surface area contributed by atoms with E-state index in [0.717, 1.165) is 12.3 Å². The number of aliphatic hydroxyl groups is 1. The van der Waals surface area contributed by atoms with Gasteiger partial charge in [0.1, 0.15) is 0 Å². The smallest absolute Gasteiger partial charge is 0.369 e. The standard InChI is InChI=1S/C8H15NOS/c1-3-9-7-11(5-4-10)6-8(9)2/h6-7,10H,3-5H2,1-2H3/q+2. The van der Waals surface area contributed by atoms with Crippen molar-refractivity contribution in [2.45, 2.75) is 26.1 Å². The molecule has 0 spiro atoms. The van der Waals surface area contributed by atoms with Gasteiger partial charge in [-0.3, -0.25) is 0 Å². The molecule has 0 aromatic carbocycles. The Balaban J connectivity index is 2.77. The summed E-state index contributed by atoms with van der Waals surface area (Å²) >= 11 is 0. The maximum Gasteiger partial charge on any atom is 0.369 e. The van der Waals surface area contributed by atoms with Crippen LogP contribution in [-0.2, 0) is 12.3 Å². The Morgan fingerprint density at radius 3 is 2.82 bits per heavy atom. The van der Waals surface area contributed by atoms with E-state index in [2.05, 4.69) is 29.3 Å². The minimum atomic E-state index is 0.202. The molecular formula is C8H15NOS+2. The Kier molecular flexibility index (Phi) is 3.02. The van der Waals surface area contributed by atoms with E-state index in [1.807, 2.05) is 0 Å². The van der Waals surface area contributed by atoms with Gasteiger partial charge in [-0.05, 0) is 6.92 Å². The van der Waals surface area contributed by atoms with Crippen LogP contribution in [0.3, 0.4) is 0 Å². The second-order valence-electron chi connectivity index (χ2n) is 2.55. The van der Waals surface area contributed by atoms with E-state index in [-0.39, 0.29) is 10.5 Å². The Hall–Kier alpha value is -0.410. The van der Waals surface area contributed by atoms with Gasteiger partial charge in [0.25, 0.3) is 0 Å². The van der Waals surface area contributed by atoms with Crippen molar-refractivity contribution in [2.75, 3.05) is 6.61 Å². The minimum Gasteiger partial charge on any atom is -0.391 e. The molecule has 0 saturated carbocycles. The highest BCUT2D eigenvalue weighted by Crippen LogP contribution is 2.16. The van der Waals surface area contributed by atoms with Crippen molar-refractivity contribution in [1.82, 2.24) is 0 Å². The van der Waals surface area contributed by atoms with Gasteiger partial charge in [0.2, 0.25) is 11.1 Å². The summed E-state index contributed by atoms with van der Waals surface area (Å²) in [5, 5.41) is 10.9. The lowest BCUT2D eigenvalue weighted by Crippen LogP contribution is -2.32. The molecule has 62 valence electrons. The van der Waals surface area contributed by atoms with Gasteiger partial charge in [0.05, 0.1) is 6.61 Å². The molecule has 1 aromatic heterocycles. The quantitative estimate of drug-likeness (QED) is 0.536. The maximum absolute atomic E-state index is 8.71. The molecule has 0 aliphatic rings. The van der Waals surface area contributed by atoms with Crippen LogP contribution in [0.2, 0.25) is 0 Å². The first kappa shape index (κ1) is 8.68. The molecule has 0 saturated heterocycles. The second kappa shape index (κ2) is 3.83. The molecule has 0 bridgehead atoms. The summed E-state index contributed by atoms with van der Waals surface area (Å²) < 4.78 is 2.23. The maximum atomic E-state index is 8.71. The summed E-state index contributed by atoms with van der Waals surface area (Å²) in [4.78, 5) is 0. The highest BCUT2D eigenvalue weighted by Gasteiger charge is 2.16. The number of aromatic nitrogens is 1. The fourth-order valence-corrected chi connectivity index (χ4v) is 2.82. The van der Waals surface area contributed by atoms with E-state index in [1.54, 1.807) is 0 Å². The first-order valence-electron chi connectivity index (χ1n) is 3.87. The topological polar surface area (TPSA) is 24.1 Å². The molecule has 1 heterocycles. The lowest BCUT2D eigenvalue weighted by Gasteiger charge is -1.79. The summed E-state index contributed by atoms with van der Waals surface area (Å²) in [6, 6.07) is 0. The van der Waals surface area contributed by atoms with Gasteiger partial charge in [0, 0.05) is 17.4 Å². The third-order valence-electron chi connectivity index (χ3n) is 1.71. The molecule has 1 N–H and O–H groups in total. The lowest BCUT2D eigenvalue weighted by molar-refractivity contribution is -0.694. The highest BCUT2D eigenvalue weighted by atomic mass is 32.2. The van der Waals surface area contributed by atoms with Crippen LogP contribution in [0.25, 0.3) is 0 Å². The molecule has 0 amide bonds. The van der Waals surface area contributed by atoms with Crippen LogP contribution in [0.4, 0.5) is 0 Å². The van der Waals surface area contributed by atoms with E-state index in [9.17, 15) is 0 Å². The van der Waals surface area contributed by atoms with Crippen molar-refractivity contribution in [2.24, 2.45) is 0 Å². The number of aryl methyl sites for hydroxylation is 2. The van der Waals surface area contributed by atoms with Crippen molar-refractivity contribution in [3.63, 3.8) is 0 Å². The van der Waals surface area contributed by atoms with E-state index < -0.39 is 0 Å². The summed E-state index contributed by atoms with van der Waals surface area (Å²) in [5.74, 6) is 0.883. The lowest BCUT2D eigenvalue weighted by atomic mass is 10.5.